The Morgan fingerprint density at radius 1 is 1.46 bits per heavy atom. The van der Waals surface area contributed by atoms with Gasteiger partial charge >= 0.3 is 6.61 Å². The van der Waals surface area contributed by atoms with Crippen LogP contribution in [0.25, 0.3) is 6.08 Å². The van der Waals surface area contributed by atoms with Crippen LogP contribution < -0.4 is 14.8 Å². The molecule has 24 heavy (non-hydrogen) atoms. The standard InChI is InChI=1S/C15H11F2N3O3S/c1-22-12-7-9(2-3-11(12)23-14(16)17)6-10(8-18)13(21)20-15-19-4-5-24-15/h2-7,14H,1H3,(H,19,20,21). The zero-order valence-corrected chi connectivity index (χ0v) is 13.1. The number of rotatable bonds is 6. The zero-order valence-electron chi connectivity index (χ0n) is 12.3. The van der Waals surface area contributed by atoms with Crippen molar-refractivity contribution in [2.24, 2.45) is 0 Å². The lowest BCUT2D eigenvalue weighted by molar-refractivity contribution is -0.112. The Morgan fingerprint density at radius 2 is 2.25 bits per heavy atom. The van der Waals surface area contributed by atoms with E-state index in [1.807, 2.05) is 0 Å². The van der Waals surface area contributed by atoms with Crippen molar-refractivity contribution in [3.05, 3.63) is 40.9 Å². The Kier molecular flexibility index (Phi) is 5.81. The number of thiazole rings is 1. The van der Waals surface area contributed by atoms with E-state index in [4.69, 9.17) is 10.00 Å². The highest BCUT2D eigenvalue weighted by Crippen LogP contribution is 2.30. The molecule has 1 aromatic heterocycles. The van der Waals surface area contributed by atoms with Crippen molar-refractivity contribution in [3.63, 3.8) is 0 Å². The van der Waals surface area contributed by atoms with Gasteiger partial charge in [-0.2, -0.15) is 14.0 Å². The van der Waals surface area contributed by atoms with E-state index in [0.29, 0.717) is 10.7 Å². The normalized spacial score (nSPS) is 11.0. The van der Waals surface area contributed by atoms with Gasteiger partial charge in [0.15, 0.2) is 16.6 Å². The van der Waals surface area contributed by atoms with E-state index in [9.17, 15) is 13.6 Å². The molecule has 0 unspecified atom stereocenters. The first-order chi connectivity index (χ1) is 11.5. The average molecular weight is 351 g/mol. The van der Waals surface area contributed by atoms with E-state index in [2.05, 4.69) is 15.0 Å². The molecule has 1 heterocycles. The Bertz CT molecular complexity index is 786. The summed E-state index contributed by atoms with van der Waals surface area (Å²) in [6.45, 7) is -2.99. The zero-order chi connectivity index (χ0) is 17.5. The van der Waals surface area contributed by atoms with Crippen molar-refractivity contribution >= 4 is 28.5 Å². The summed E-state index contributed by atoms with van der Waals surface area (Å²) in [5, 5.41) is 13.7. The minimum Gasteiger partial charge on any atom is -0.493 e. The lowest BCUT2D eigenvalue weighted by Gasteiger charge is -2.10. The minimum absolute atomic E-state index is 0.0571. The van der Waals surface area contributed by atoms with Crippen molar-refractivity contribution < 1.29 is 23.0 Å². The van der Waals surface area contributed by atoms with Crippen molar-refractivity contribution in [2.75, 3.05) is 12.4 Å². The van der Waals surface area contributed by atoms with Gasteiger partial charge in [-0.1, -0.05) is 6.07 Å². The topological polar surface area (TPSA) is 84.2 Å². The molecule has 2 aromatic rings. The second-order valence-electron chi connectivity index (χ2n) is 4.25. The number of hydrogen-bond acceptors (Lipinski definition) is 6. The van der Waals surface area contributed by atoms with E-state index >= 15 is 0 Å². The van der Waals surface area contributed by atoms with Gasteiger partial charge in [0, 0.05) is 11.6 Å². The molecule has 9 heteroatoms. The van der Waals surface area contributed by atoms with Gasteiger partial charge in [0.25, 0.3) is 5.91 Å². The van der Waals surface area contributed by atoms with Crippen LogP contribution in [0.4, 0.5) is 13.9 Å². The molecule has 0 fully saturated rings. The van der Waals surface area contributed by atoms with Gasteiger partial charge < -0.3 is 9.47 Å². The molecule has 1 amide bonds. The highest BCUT2D eigenvalue weighted by atomic mass is 32.1. The van der Waals surface area contributed by atoms with Gasteiger partial charge in [-0.25, -0.2) is 4.98 Å². The quantitative estimate of drug-likeness (QED) is 0.638. The molecule has 0 saturated carbocycles. The fourth-order valence-electron chi connectivity index (χ4n) is 1.73. The molecule has 0 saturated heterocycles. The van der Waals surface area contributed by atoms with Gasteiger partial charge in [-0.3, -0.25) is 10.1 Å². The maximum Gasteiger partial charge on any atom is 0.387 e. The number of halogens is 2. The smallest absolute Gasteiger partial charge is 0.387 e. The molecule has 0 atom stereocenters. The van der Waals surface area contributed by atoms with Crippen molar-refractivity contribution in [3.8, 4) is 17.6 Å². The second kappa shape index (κ2) is 8.03. The van der Waals surface area contributed by atoms with Gasteiger partial charge in [-0.15, -0.1) is 11.3 Å². The molecule has 2 rings (SSSR count). The SMILES string of the molecule is COc1cc(C=C(C#N)C(=O)Nc2nccs2)ccc1OC(F)F. The van der Waals surface area contributed by atoms with Gasteiger partial charge in [-0.05, 0) is 23.8 Å². The first kappa shape index (κ1) is 17.4. The number of amides is 1. The molecule has 0 radical (unpaired) electrons. The first-order valence-corrected chi connectivity index (χ1v) is 7.37. The third-order valence-electron chi connectivity index (χ3n) is 2.73. The van der Waals surface area contributed by atoms with Crippen molar-refractivity contribution in [2.45, 2.75) is 6.61 Å². The molecule has 6 nitrogen and oxygen atoms in total. The number of alkyl halides is 2. The number of methoxy groups -OCH3 is 1. The number of nitriles is 1. The number of hydrogen-bond donors (Lipinski definition) is 1. The summed E-state index contributed by atoms with van der Waals surface area (Å²) in [5.74, 6) is -0.712. The molecule has 0 aliphatic rings. The van der Waals surface area contributed by atoms with Crippen LogP contribution in [0.15, 0.2) is 35.3 Å². The molecule has 124 valence electrons. The highest BCUT2D eigenvalue weighted by Gasteiger charge is 2.13. The van der Waals surface area contributed by atoms with Gasteiger partial charge in [0.2, 0.25) is 0 Å². The number of nitrogens with zero attached hydrogens (tertiary/aromatic N) is 2. The molecule has 0 aliphatic heterocycles. The molecular weight excluding hydrogens is 340 g/mol. The van der Waals surface area contributed by atoms with Crippen LogP contribution in [0.1, 0.15) is 5.56 Å². The number of nitrogens with one attached hydrogen (secondary N) is 1. The van der Waals surface area contributed by atoms with Crippen LogP contribution in [-0.2, 0) is 4.79 Å². The number of carbonyl (C=O) groups is 1. The highest BCUT2D eigenvalue weighted by molar-refractivity contribution is 7.13. The lowest BCUT2D eigenvalue weighted by atomic mass is 10.1. The van der Waals surface area contributed by atoms with Gasteiger partial charge in [0.1, 0.15) is 11.6 Å². The molecule has 0 aliphatic carbocycles. The Balaban J connectivity index is 2.24. The van der Waals surface area contributed by atoms with Gasteiger partial charge in [0.05, 0.1) is 7.11 Å². The Labute approximate surface area is 140 Å². The van der Waals surface area contributed by atoms with Crippen LogP contribution in [0, 0.1) is 11.3 Å². The summed E-state index contributed by atoms with van der Waals surface area (Å²) in [4.78, 5) is 15.9. The first-order valence-electron chi connectivity index (χ1n) is 6.49. The van der Waals surface area contributed by atoms with Crippen LogP contribution >= 0.6 is 11.3 Å². The van der Waals surface area contributed by atoms with E-state index in [-0.39, 0.29) is 17.1 Å². The fourth-order valence-corrected chi connectivity index (χ4v) is 2.26. The Morgan fingerprint density at radius 3 is 2.83 bits per heavy atom. The van der Waals surface area contributed by atoms with Crippen LogP contribution in [0.2, 0.25) is 0 Å². The molecule has 0 spiro atoms. The summed E-state index contributed by atoms with van der Waals surface area (Å²) >= 11 is 1.21. The third kappa shape index (κ3) is 4.50. The molecule has 1 N–H and O–H groups in total. The van der Waals surface area contributed by atoms with Crippen LogP contribution in [0.5, 0.6) is 11.5 Å². The monoisotopic (exact) mass is 351 g/mol. The summed E-state index contributed by atoms with van der Waals surface area (Å²) in [6.07, 6.45) is 2.82. The molecule has 1 aromatic carbocycles. The van der Waals surface area contributed by atoms with Crippen molar-refractivity contribution in [1.29, 1.82) is 5.26 Å². The van der Waals surface area contributed by atoms with E-state index < -0.39 is 12.5 Å². The minimum atomic E-state index is -2.99. The maximum absolute atomic E-state index is 12.3. The second-order valence-corrected chi connectivity index (χ2v) is 5.14. The van der Waals surface area contributed by atoms with E-state index in [1.165, 1.54) is 48.9 Å². The number of carbonyl (C=O) groups excluding carboxylic acids is 1. The molecular formula is C15H11F2N3O3S. The number of anilines is 1. The summed E-state index contributed by atoms with van der Waals surface area (Å²) < 4.78 is 33.9. The van der Waals surface area contributed by atoms with Crippen LogP contribution in [-0.4, -0.2) is 24.6 Å². The van der Waals surface area contributed by atoms with E-state index in [1.54, 1.807) is 11.4 Å². The predicted molar refractivity (Wildman–Crippen MR) is 84.0 cm³/mol. The molecule has 0 bridgehead atoms. The third-order valence-corrected chi connectivity index (χ3v) is 3.42. The largest absolute Gasteiger partial charge is 0.493 e. The maximum atomic E-state index is 12.3. The number of ether oxygens (including phenoxy) is 2. The van der Waals surface area contributed by atoms with Crippen molar-refractivity contribution in [1.82, 2.24) is 4.98 Å². The fraction of sp³-hybridized carbons (Fsp3) is 0.133. The number of benzene rings is 1. The summed E-state index contributed by atoms with van der Waals surface area (Å²) in [7, 11) is 1.29. The summed E-state index contributed by atoms with van der Waals surface area (Å²) in [5.41, 5.74) is 0.245. The average Bonchev–Trinajstić information content (AvgIpc) is 3.06. The summed E-state index contributed by atoms with van der Waals surface area (Å²) in [6, 6.07) is 5.85. The Hall–Kier alpha value is -2.99. The predicted octanol–water partition coefficient (Wildman–Crippen LogP) is 3.30. The van der Waals surface area contributed by atoms with E-state index in [0.717, 1.165) is 0 Å². The lowest BCUT2D eigenvalue weighted by Crippen LogP contribution is -2.13. The number of aromatic nitrogens is 1. The van der Waals surface area contributed by atoms with Crippen LogP contribution in [0.3, 0.4) is 0 Å².